The van der Waals surface area contributed by atoms with Crippen LogP contribution >= 0.6 is 11.8 Å². The van der Waals surface area contributed by atoms with Crippen molar-refractivity contribution < 1.29 is 0 Å². The molecular weight excluding hydrogens is 142 g/mol. The predicted molar refractivity (Wildman–Crippen MR) is 46.7 cm³/mol. The van der Waals surface area contributed by atoms with Crippen molar-refractivity contribution in [2.45, 2.75) is 25.0 Å². The SMILES string of the molecule is CC1CC2=C(C=NCC2)S1. The third kappa shape index (κ3) is 1.01. The van der Waals surface area contributed by atoms with E-state index < -0.39 is 0 Å². The second kappa shape index (κ2) is 2.42. The first kappa shape index (κ1) is 6.47. The number of allylic oxidation sites excluding steroid dienone is 1. The number of aliphatic imine (C=N–C) groups is 1. The molecule has 0 amide bonds. The van der Waals surface area contributed by atoms with Crippen LogP contribution in [0.5, 0.6) is 0 Å². The Morgan fingerprint density at radius 2 is 2.60 bits per heavy atom. The number of thioether (sulfide) groups is 1. The Morgan fingerprint density at radius 1 is 1.70 bits per heavy atom. The molecule has 1 atom stereocenters. The maximum atomic E-state index is 4.25. The van der Waals surface area contributed by atoms with Gasteiger partial charge in [0.15, 0.2) is 0 Å². The summed E-state index contributed by atoms with van der Waals surface area (Å²) in [6, 6.07) is 0. The van der Waals surface area contributed by atoms with Crippen LogP contribution in [0.15, 0.2) is 15.5 Å². The molecule has 10 heavy (non-hydrogen) atoms. The van der Waals surface area contributed by atoms with Crippen LogP contribution in [0, 0.1) is 0 Å². The van der Waals surface area contributed by atoms with Crippen LogP contribution in [0.25, 0.3) is 0 Å². The Balaban J connectivity index is 2.21. The highest BCUT2D eigenvalue weighted by molar-refractivity contribution is 8.04. The van der Waals surface area contributed by atoms with Gasteiger partial charge in [0.1, 0.15) is 0 Å². The molecule has 2 aliphatic heterocycles. The molecule has 0 aromatic rings. The fraction of sp³-hybridized carbons (Fsp3) is 0.625. The molecule has 1 nitrogen and oxygen atoms in total. The predicted octanol–water partition coefficient (Wildman–Crippen LogP) is 2.24. The molecule has 0 radical (unpaired) electrons. The molecule has 2 aliphatic rings. The van der Waals surface area contributed by atoms with E-state index in [0.29, 0.717) is 0 Å². The molecule has 0 saturated heterocycles. The topological polar surface area (TPSA) is 12.4 Å². The number of nitrogens with zero attached hydrogens (tertiary/aromatic N) is 1. The van der Waals surface area contributed by atoms with E-state index in [1.54, 1.807) is 5.57 Å². The lowest BCUT2D eigenvalue weighted by Gasteiger charge is -2.04. The van der Waals surface area contributed by atoms with E-state index >= 15 is 0 Å². The molecule has 1 unspecified atom stereocenters. The van der Waals surface area contributed by atoms with Gasteiger partial charge in [-0.1, -0.05) is 12.5 Å². The molecule has 0 aromatic heterocycles. The van der Waals surface area contributed by atoms with Crippen LogP contribution < -0.4 is 0 Å². The Kier molecular flexibility index (Phi) is 1.57. The van der Waals surface area contributed by atoms with E-state index in [1.165, 1.54) is 17.7 Å². The lowest BCUT2D eigenvalue weighted by molar-refractivity contribution is 0.846. The first-order chi connectivity index (χ1) is 4.86. The summed E-state index contributed by atoms with van der Waals surface area (Å²) in [7, 11) is 0. The first-order valence-electron chi connectivity index (χ1n) is 3.75. The number of hydrogen-bond donors (Lipinski definition) is 0. The minimum absolute atomic E-state index is 0.801. The largest absolute Gasteiger partial charge is 0.292 e. The molecule has 54 valence electrons. The molecular formula is C8H11NS. The quantitative estimate of drug-likeness (QED) is 0.520. The summed E-state index contributed by atoms with van der Waals surface area (Å²) in [5.41, 5.74) is 1.65. The molecule has 2 heteroatoms. The zero-order valence-corrected chi connectivity index (χ0v) is 6.95. The summed E-state index contributed by atoms with van der Waals surface area (Å²) in [6.07, 6.45) is 4.56. The van der Waals surface area contributed by atoms with Crippen LogP contribution in [0.4, 0.5) is 0 Å². The molecule has 0 aromatic carbocycles. The second-order valence-corrected chi connectivity index (χ2v) is 4.37. The fourth-order valence-electron chi connectivity index (χ4n) is 1.48. The standard InChI is InChI=1S/C8H11NS/c1-6-4-7-2-3-9-5-8(7)10-6/h5-6H,2-4H2,1H3. The van der Waals surface area contributed by atoms with Crippen LogP contribution in [0.2, 0.25) is 0 Å². The van der Waals surface area contributed by atoms with Gasteiger partial charge in [-0.15, -0.1) is 11.8 Å². The minimum atomic E-state index is 0.801. The average Bonchev–Trinajstić information content (AvgIpc) is 2.27. The Labute approximate surface area is 65.6 Å². The van der Waals surface area contributed by atoms with Gasteiger partial charge in [-0.05, 0) is 12.8 Å². The summed E-state index contributed by atoms with van der Waals surface area (Å²) < 4.78 is 0. The lowest BCUT2D eigenvalue weighted by Crippen LogP contribution is -1.95. The van der Waals surface area contributed by atoms with Crippen molar-refractivity contribution in [3.63, 3.8) is 0 Å². The van der Waals surface area contributed by atoms with Crippen molar-refractivity contribution in [2.75, 3.05) is 6.54 Å². The molecule has 0 saturated carbocycles. The van der Waals surface area contributed by atoms with E-state index in [-0.39, 0.29) is 0 Å². The van der Waals surface area contributed by atoms with E-state index in [0.717, 1.165) is 11.8 Å². The van der Waals surface area contributed by atoms with Gasteiger partial charge in [0.05, 0.1) is 0 Å². The van der Waals surface area contributed by atoms with Gasteiger partial charge in [-0.2, -0.15) is 0 Å². The van der Waals surface area contributed by atoms with Crippen LogP contribution in [-0.4, -0.2) is 18.0 Å². The van der Waals surface area contributed by atoms with E-state index in [1.807, 2.05) is 18.0 Å². The lowest BCUT2D eigenvalue weighted by atomic mass is 10.1. The van der Waals surface area contributed by atoms with Gasteiger partial charge >= 0.3 is 0 Å². The van der Waals surface area contributed by atoms with Gasteiger partial charge in [-0.3, -0.25) is 4.99 Å². The normalized spacial score (nSPS) is 31.1. The van der Waals surface area contributed by atoms with E-state index in [9.17, 15) is 0 Å². The van der Waals surface area contributed by atoms with Crippen LogP contribution in [0.3, 0.4) is 0 Å². The summed E-state index contributed by atoms with van der Waals surface area (Å²) in [5.74, 6) is 0. The maximum Gasteiger partial charge on any atom is 0.0427 e. The highest BCUT2D eigenvalue weighted by Gasteiger charge is 2.21. The van der Waals surface area contributed by atoms with Crippen molar-refractivity contribution in [1.29, 1.82) is 0 Å². The third-order valence-electron chi connectivity index (χ3n) is 1.96. The molecule has 0 fully saturated rings. The molecule has 0 aliphatic carbocycles. The summed E-state index contributed by atoms with van der Waals surface area (Å²) in [4.78, 5) is 5.71. The average molecular weight is 153 g/mol. The Bertz CT molecular complexity index is 205. The zero-order valence-electron chi connectivity index (χ0n) is 6.13. The Hall–Kier alpha value is -0.240. The number of hydrogen-bond acceptors (Lipinski definition) is 2. The molecule has 2 heterocycles. The minimum Gasteiger partial charge on any atom is -0.292 e. The summed E-state index contributed by atoms with van der Waals surface area (Å²) in [6.45, 7) is 3.31. The van der Waals surface area contributed by atoms with Crippen molar-refractivity contribution in [3.05, 3.63) is 10.5 Å². The fourth-order valence-corrected chi connectivity index (χ4v) is 2.69. The van der Waals surface area contributed by atoms with Crippen LogP contribution in [0.1, 0.15) is 19.8 Å². The highest BCUT2D eigenvalue weighted by Crippen LogP contribution is 2.39. The van der Waals surface area contributed by atoms with Crippen molar-refractivity contribution in [3.8, 4) is 0 Å². The summed E-state index contributed by atoms with van der Waals surface area (Å²) >= 11 is 1.98. The third-order valence-corrected chi connectivity index (χ3v) is 3.18. The van der Waals surface area contributed by atoms with Gasteiger partial charge in [0.2, 0.25) is 0 Å². The van der Waals surface area contributed by atoms with E-state index in [4.69, 9.17) is 0 Å². The van der Waals surface area contributed by atoms with E-state index in [2.05, 4.69) is 11.9 Å². The van der Waals surface area contributed by atoms with Gasteiger partial charge in [-0.25, -0.2) is 0 Å². The molecule has 2 rings (SSSR count). The number of rotatable bonds is 0. The number of dihydropyridines is 1. The highest BCUT2D eigenvalue weighted by atomic mass is 32.2. The molecule has 0 N–H and O–H groups in total. The smallest absolute Gasteiger partial charge is 0.0427 e. The van der Waals surface area contributed by atoms with Gasteiger partial charge in [0, 0.05) is 22.9 Å². The Morgan fingerprint density at radius 3 is 3.40 bits per heavy atom. The molecule has 0 spiro atoms. The van der Waals surface area contributed by atoms with Gasteiger partial charge in [0.25, 0.3) is 0 Å². The maximum absolute atomic E-state index is 4.25. The summed E-state index contributed by atoms with van der Waals surface area (Å²) in [5, 5.41) is 0.801. The van der Waals surface area contributed by atoms with Crippen molar-refractivity contribution >= 4 is 18.0 Å². The molecule has 0 bridgehead atoms. The first-order valence-corrected chi connectivity index (χ1v) is 4.63. The van der Waals surface area contributed by atoms with Crippen molar-refractivity contribution in [1.82, 2.24) is 0 Å². The second-order valence-electron chi connectivity index (χ2n) is 2.89. The van der Waals surface area contributed by atoms with Gasteiger partial charge < -0.3 is 0 Å². The zero-order chi connectivity index (χ0) is 6.97. The van der Waals surface area contributed by atoms with Crippen molar-refractivity contribution in [2.24, 2.45) is 4.99 Å². The van der Waals surface area contributed by atoms with Crippen LogP contribution in [-0.2, 0) is 0 Å². The monoisotopic (exact) mass is 153 g/mol.